The van der Waals surface area contributed by atoms with Gasteiger partial charge >= 0.3 is 0 Å². The molecule has 1 fully saturated rings. The molecule has 1 aliphatic heterocycles. The lowest BCUT2D eigenvalue weighted by Crippen LogP contribution is -2.33. The SMILES string of the molecule is CCC(C)(C)c1ccc(OCC2CCCNC2)cc1.Cl. The number of hydrogen-bond donors (Lipinski definition) is 1. The van der Waals surface area contributed by atoms with Crippen molar-refractivity contribution in [3.63, 3.8) is 0 Å². The zero-order chi connectivity index (χ0) is 13.7. The first kappa shape index (κ1) is 17.3. The van der Waals surface area contributed by atoms with Crippen LogP contribution in [-0.2, 0) is 5.41 Å². The molecule has 0 amide bonds. The van der Waals surface area contributed by atoms with Crippen molar-refractivity contribution >= 4 is 12.4 Å². The quantitative estimate of drug-likeness (QED) is 0.880. The third kappa shape index (κ3) is 4.68. The highest BCUT2D eigenvalue weighted by Gasteiger charge is 2.18. The summed E-state index contributed by atoms with van der Waals surface area (Å²) in [6.07, 6.45) is 3.71. The number of rotatable bonds is 5. The second kappa shape index (κ2) is 7.90. The molecule has 0 aromatic heterocycles. The van der Waals surface area contributed by atoms with Gasteiger partial charge in [-0.15, -0.1) is 12.4 Å². The van der Waals surface area contributed by atoms with E-state index in [4.69, 9.17) is 4.74 Å². The third-order valence-corrected chi connectivity index (χ3v) is 4.40. The van der Waals surface area contributed by atoms with Crippen molar-refractivity contribution in [1.29, 1.82) is 0 Å². The Hall–Kier alpha value is -0.730. The Morgan fingerprint density at radius 2 is 1.95 bits per heavy atom. The van der Waals surface area contributed by atoms with E-state index in [-0.39, 0.29) is 17.8 Å². The topological polar surface area (TPSA) is 21.3 Å². The maximum absolute atomic E-state index is 5.91. The Balaban J connectivity index is 0.00000200. The smallest absolute Gasteiger partial charge is 0.119 e. The molecule has 1 saturated heterocycles. The van der Waals surface area contributed by atoms with Gasteiger partial charge in [-0.2, -0.15) is 0 Å². The molecule has 0 spiro atoms. The summed E-state index contributed by atoms with van der Waals surface area (Å²) in [4.78, 5) is 0. The molecule has 20 heavy (non-hydrogen) atoms. The van der Waals surface area contributed by atoms with E-state index in [1.807, 2.05) is 0 Å². The fraction of sp³-hybridized carbons (Fsp3) is 0.647. The Morgan fingerprint density at radius 1 is 1.25 bits per heavy atom. The summed E-state index contributed by atoms with van der Waals surface area (Å²) in [5.41, 5.74) is 1.65. The van der Waals surface area contributed by atoms with Crippen LogP contribution >= 0.6 is 12.4 Å². The zero-order valence-electron chi connectivity index (χ0n) is 12.9. The first-order valence-electron chi connectivity index (χ1n) is 7.56. The van der Waals surface area contributed by atoms with Crippen LogP contribution < -0.4 is 10.1 Å². The van der Waals surface area contributed by atoms with E-state index in [1.165, 1.54) is 18.4 Å². The van der Waals surface area contributed by atoms with Crippen LogP contribution in [0.25, 0.3) is 0 Å². The van der Waals surface area contributed by atoms with Crippen LogP contribution in [0.1, 0.15) is 45.6 Å². The fourth-order valence-electron chi connectivity index (χ4n) is 2.49. The van der Waals surface area contributed by atoms with Gasteiger partial charge < -0.3 is 10.1 Å². The number of halogens is 1. The summed E-state index contributed by atoms with van der Waals surface area (Å²) in [6, 6.07) is 8.64. The van der Waals surface area contributed by atoms with Gasteiger partial charge in [-0.3, -0.25) is 0 Å². The molecule has 0 saturated carbocycles. The maximum atomic E-state index is 5.91. The summed E-state index contributed by atoms with van der Waals surface area (Å²) >= 11 is 0. The summed E-state index contributed by atoms with van der Waals surface area (Å²) < 4.78 is 5.91. The van der Waals surface area contributed by atoms with Crippen molar-refractivity contribution in [3.05, 3.63) is 29.8 Å². The minimum Gasteiger partial charge on any atom is -0.493 e. The van der Waals surface area contributed by atoms with Gasteiger partial charge in [-0.25, -0.2) is 0 Å². The van der Waals surface area contributed by atoms with E-state index in [0.29, 0.717) is 5.92 Å². The highest BCUT2D eigenvalue weighted by molar-refractivity contribution is 5.85. The number of hydrogen-bond acceptors (Lipinski definition) is 2. The Bertz CT molecular complexity index is 382. The number of ether oxygens (including phenoxy) is 1. The van der Waals surface area contributed by atoms with Gasteiger partial charge in [0.25, 0.3) is 0 Å². The second-order valence-corrected chi connectivity index (χ2v) is 6.29. The van der Waals surface area contributed by atoms with Crippen molar-refractivity contribution in [3.8, 4) is 5.75 Å². The molecule has 114 valence electrons. The molecule has 1 unspecified atom stereocenters. The molecular weight excluding hydrogens is 270 g/mol. The molecule has 1 aromatic rings. The van der Waals surface area contributed by atoms with Crippen molar-refractivity contribution in [2.45, 2.75) is 45.4 Å². The van der Waals surface area contributed by atoms with Crippen LogP contribution in [-0.4, -0.2) is 19.7 Å². The lowest BCUT2D eigenvalue weighted by molar-refractivity contribution is 0.218. The van der Waals surface area contributed by atoms with Crippen LogP contribution in [0.4, 0.5) is 0 Å². The summed E-state index contributed by atoms with van der Waals surface area (Å²) in [7, 11) is 0. The Morgan fingerprint density at radius 3 is 2.50 bits per heavy atom. The second-order valence-electron chi connectivity index (χ2n) is 6.29. The van der Waals surface area contributed by atoms with Gasteiger partial charge in [0.05, 0.1) is 6.61 Å². The average molecular weight is 298 g/mol. The molecular formula is C17H28ClNO. The van der Waals surface area contributed by atoms with Crippen LogP contribution in [0.3, 0.4) is 0 Å². The molecule has 1 aromatic carbocycles. The van der Waals surface area contributed by atoms with E-state index in [1.54, 1.807) is 0 Å². The van der Waals surface area contributed by atoms with Crippen molar-refractivity contribution < 1.29 is 4.74 Å². The van der Waals surface area contributed by atoms with Gasteiger partial charge in [-0.05, 0) is 48.9 Å². The average Bonchev–Trinajstić information content (AvgIpc) is 2.47. The zero-order valence-corrected chi connectivity index (χ0v) is 13.8. The molecule has 1 heterocycles. The predicted molar refractivity (Wildman–Crippen MR) is 88.1 cm³/mol. The molecule has 0 aliphatic carbocycles. The van der Waals surface area contributed by atoms with E-state index >= 15 is 0 Å². The molecule has 2 nitrogen and oxygen atoms in total. The largest absolute Gasteiger partial charge is 0.493 e. The van der Waals surface area contributed by atoms with Gasteiger partial charge in [0.1, 0.15) is 5.75 Å². The molecule has 1 N–H and O–H groups in total. The molecule has 0 radical (unpaired) electrons. The van der Waals surface area contributed by atoms with Gasteiger partial charge in [0.15, 0.2) is 0 Å². The van der Waals surface area contributed by atoms with Gasteiger partial charge in [0.2, 0.25) is 0 Å². The summed E-state index contributed by atoms with van der Waals surface area (Å²) in [6.45, 7) is 9.91. The van der Waals surface area contributed by atoms with Gasteiger partial charge in [-0.1, -0.05) is 32.9 Å². The molecule has 1 aliphatic rings. The highest BCUT2D eigenvalue weighted by atomic mass is 35.5. The molecule has 2 rings (SSSR count). The third-order valence-electron chi connectivity index (χ3n) is 4.40. The van der Waals surface area contributed by atoms with E-state index in [0.717, 1.165) is 31.9 Å². The summed E-state index contributed by atoms with van der Waals surface area (Å²) in [5.74, 6) is 1.67. The van der Waals surface area contributed by atoms with Crippen LogP contribution in [0.5, 0.6) is 5.75 Å². The van der Waals surface area contributed by atoms with E-state index < -0.39 is 0 Å². The number of nitrogens with one attached hydrogen (secondary N) is 1. The van der Waals surface area contributed by atoms with Crippen molar-refractivity contribution in [1.82, 2.24) is 5.32 Å². The Labute approximate surface area is 129 Å². The predicted octanol–water partition coefficient (Wildman–Crippen LogP) is 4.17. The lowest BCUT2D eigenvalue weighted by Gasteiger charge is -2.24. The first-order chi connectivity index (χ1) is 9.12. The lowest BCUT2D eigenvalue weighted by atomic mass is 9.82. The monoisotopic (exact) mass is 297 g/mol. The van der Waals surface area contributed by atoms with Crippen molar-refractivity contribution in [2.75, 3.05) is 19.7 Å². The van der Waals surface area contributed by atoms with Gasteiger partial charge in [0, 0.05) is 12.5 Å². The Kier molecular flexibility index (Phi) is 6.84. The maximum Gasteiger partial charge on any atom is 0.119 e. The normalized spacial score (nSPS) is 19.2. The minimum atomic E-state index is 0. The molecule has 3 heteroatoms. The van der Waals surface area contributed by atoms with Crippen LogP contribution in [0.2, 0.25) is 0 Å². The van der Waals surface area contributed by atoms with Crippen LogP contribution in [0, 0.1) is 5.92 Å². The number of piperidine rings is 1. The van der Waals surface area contributed by atoms with E-state index in [9.17, 15) is 0 Å². The fourth-order valence-corrected chi connectivity index (χ4v) is 2.49. The van der Waals surface area contributed by atoms with E-state index in [2.05, 4.69) is 50.4 Å². The van der Waals surface area contributed by atoms with Crippen LogP contribution in [0.15, 0.2) is 24.3 Å². The minimum absolute atomic E-state index is 0. The number of benzene rings is 1. The highest BCUT2D eigenvalue weighted by Crippen LogP contribution is 2.28. The first-order valence-corrected chi connectivity index (χ1v) is 7.56. The summed E-state index contributed by atoms with van der Waals surface area (Å²) in [5, 5.41) is 3.43. The van der Waals surface area contributed by atoms with Crippen molar-refractivity contribution in [2.24, 2.45) is 5.92 Å². The molecule has 0 bridgehead atoms. The standard InChI is InChI=1S/C17H27NO.ClH/c1-4-17(2,3)15-7-9-16(10-8-15)19-13-14-6-5-11-18-12-14;/h7-10,14,18H,4-6,11-13H2,1-3H3;1H. The molecule has 1 atom stereocenters.